The average molecular weight is 476 g/mol. The van der Waals surface area contributed by atoms with Gasteiger partial charge in [-0.1, -0.05) is 84.9 Å². The van der Waals surface area contributed by atoms with Crippen molar-refractivity contribution in [3.63, 3.8) is 0 Å². The van der Waals surface area contributed by atoms with Gasteiger partial charge in [0.15, 0.2) is 5.78 Å². The van der Waals surface area contributed by atoms with Crippen LogP contribution in [-0.2, 0) is 9.53 Å². The molecule has 0 bridgehead atoms. The summed E-state index contributed by atoms with van der Waals surface area (Å²) in [5.74, 6) is -3.03. The van der Waals surface area contributed by atoms with Gasteiger partial charge >= 0.3 is 5.97 Å². The van der Waals surface area contributed by atoms with Crippen LogP contribution in [0.25, 0.3) is 16.3 Å². The maximum absolute atomic E-state index is 13.9. The predicted molar refractivity (Wildman–Crippen MR) is 136 cm³/mol. The number of Topliss-reactive ketones (excluding diaryl/α,β-unsaturated/α-hetero) is 1. The molecule has 0 fully saturated rings. The van der Waals surface area contributed by atoms with E-state index in [1.807, 2.05) is 12.1 Å². The van der Waals surface area contributed by atoms with Crippen LogP contribution in [0.15, 0.2) is 97.2 Å². The lowest BCUT2D eigenvalue weighted by Crippen LogP contribution is -2.21. The molecule has 0 radical (unpaired) electrons. The van der Waals surface area contributed by atoms with E-state index in [1.54, 1.807) is 96.4 Å². The predicted octanol–water partition coefficient (Wildman–Crippen LogP) is 5.30. The highest BCUT2D eigenvalue weighted by Crippen LogP contribution is 2.33. The van der Waals surface area contributed by atoms with Crippen LogP contribution in [0.1, 0.15) is 49.3 Å². The summed E-state index contributed by atoms with van der Waals surface area (Å²) in [6.07, 6.45) is 1.65. The molecule has 6 heteroatoms. The molecule has 0 N–H and O–H groups in total. The van der Waals surface area contributed by atoms with Gasteiger partial charge in [0.2, 0.25) is 5.78 Å². The number of ketones is 3. The van der Waals surface area contributed by atoms with E-state index in [0.717, 1.165) is 5.39 Å². The van der Waals surface area contributed by atoms with Crippen LogP contribution in [0.4, 0.5) is 0 Å². The molecule has 2 heterocycles. The normalized spacial score (nSPS) is 10.9. The van der Waals surface area contributed by atoms with Crippen LogP contribution in [0.5, 0.6) is 0 Å². The summed E-state index contributed by atoms with van der Waals surface area (Å²) in [5.41, 5.74) is 0.705. The van der Waals surface area contributed by atoms with E-state index in [-0.39, 0.29) is 29.0 Å². The Morgan fingerprint density at radius 1 is 0.694 bits per heavy atom. The first-order valence-electron chi connectivity index (χ1n) is 11.5. The molecule has 0 aliphatic carbocycles. The molecular formula is C30H21NO5. The summed E-state index contributed by atoms with van der Waals surface area (Å²) in [7, 11) is 0. The lowest BCUT2D eigenvalue weighted by Gasteiger charge is -2.07. The fourth-order valence-corrected chi connectivity index (χ4v) is 4.44. The number of carbonyl (C=O) groups excluding carboxylic acids is 4. The molecule has 6 nitrogen and oxygen atoms in total. The largest absolute Gasteiger partial charge is 0.460 e. The molecular weight excluding hydrogens is 454 g/mol. The second kappa shape index (κ2) is 9.43. The first-order chi connectivity index (χ1) is 17.5. The highest BCUT2D eigenvalue weighted by Gasteiger charge is 2.35. The zero-order chi connectivity index (χ0) is 25.2. The van der Waals surface area contributed by atoms with Crippen LogP contribution in [-0.4, -0.2) is 34.3 Å². The molecule has 0 saturated heterocycles. The highest BCUT2D eigenvalue weighted by molar-refractivity contribution is 6.46. The van der Waals surface area contributed by atoms with E-state index in [0.29, 0.717) is 16.5 Å². The minimum Gasteiger partial charge on any atom is -0.460 e. The molecule has 0 saturated carbocycles. The minimum atomic E-state index is -1.08. The Labute approximate surface area is 206 Å². The molecule has 0 atom stereocenters. The molecule has 0 spiro atoms. The number of carbonyl (C=O) groups is 4. The quantitative estimate of drug-likeness (QED) is 0.181. The number of ether oxygens (including phenoxy) is 1. The van der Waals surface area contributed by atoms with Gasteiger partial charge < -0.3 is 9.14 Å². The van der Waals surface area contributed by atoms with Crippen LogP contribution in [0, 0.1) is 0 Å². The van der Waals surface area contributed by atoms with E-state index in [9.17, 15) is 19.2 Å². The Hall–Kier alpha value is -4.84. The van der Waals surface area contributed by atoms with Crippen molar-refractivity contribution in [2.24, 2.45) is 0 Å². The van der Waals surface area contributed by atoms with E-state index in [1.165, 1.54) is 0 Å². The molecule has 3 aromatic carbocycles. The number of hydrogen-bond acceptors (Lipinski definition) is 5. The summed E-state index contributed by atoms with van der Waals surface area (Å²) in [5, 5.41) is 1.42. The summed E-state index contributed by atoms with van der Waals surface area (Å²) < 4.78 is 6.56. The van der Waals surface area contributed by atoms with Crippen LogP contribution in [0.3, 0.4) is 0 Å². The molecule has 36 heavy (non-hydrogen) atoms. The molecule has 176 valence electrons. The van der Waals surface area contributed by atoms with Gasteiger partial charge in [-0.15, -0.1) is 0 Å². The zero-order valence-electron chi connectivity index (χ0n) is 19.4. The van der Waals surface area contributed by atoms with E-state index in [2.05, 4.69) is 0 Å². The third-order valence-electron chi connectivity index (χ3n) is 6.03. The standard InChI is InChI=1S/C30H21NO5/c1-2-36-30(35)29(34)23-24(27(32)20-12-5-3-6-13-20)26(28(33)21-14-7-4-8-15-21)31-18-17-19-11-9-10-16-22(19)25(23)31/h3-18H,2H2,1H3. The second-order valence-electron chi connectivity index (χ2n) is 8.16. The fourth-order valence-electron chi connectivity index (χ4n) is 4.44. The lowest BCUT2D eigenvalue weighted by molar-refractivity contribution is -0.137. The van der Waals surface area contributed by atoms with Crippen molar-refractivity contribution in [1.29, 1.82) is 0 Å². The number of benzene rings is 3. The van der Waals surface area contributed by atoms with Gasteiger partial charge in [-0.2, -0.15) is 0 Å². The smallest absolute Gasteiger partial charge is 0.379 e. The Balaban J connectivity index is 1.94. The molecule has 2 aromatic heterocycles. The summed E-state index contributed by atoms with van der Waals surface area (Å²) in [6, 6.07) is 26.0. The monoisotopic (exact) mass is 475 g/mol. The molecule has 5 aromatic rings. The number of aromatic nitrogens is 1. The van der Waals surface area contributed by atoms with Crippen molar-refractivity contribution < 1.29 is 23.9 Å². The zero-order valence-corrected chi connectivity index (χ0v) is 19.4. The van der Waals surface area contributed by atoms with E-state index >= 15 is 0 Å². The fraction of sp³-hybridized carbons (Fsp3) is 0.0667. The van der Waals surface area contributed by atoms with Crippen molar-refractivity contribution >= 4 is 39.6 Å². The minimum absolute atomic E-state index is 0.00509. The Morgan fingerprint density at radius 2 is 1.28 bits per heavy atom. The highest BCUT2D eigenvalue weighted by atomic mass is 16.5. The Kier molecular flexibility index (Phi) is 6.00. The van der Waals surface area contributed by atoms with Crippen molar-refractivity contribution in [2.45, 2.75) is 6.92 Å². The van der Waals surface area contributed by atoms with Gasteiger partial charge in [-0.25, -0.2) is 4.79 Å². The third-order valence-corrected chi connectivity index (χ3v) is 6.03. The maximum atomic E-state index is 13.9. The van der Waals surface area contributed by atoms with Crippen molar-refractivity contribution in [1.82, 2.24) is 4.40 Å². The molecule has 0 amide bonds. The number of nitrogens with zero attached hydrogens (tertiary/aromatic N) is 1. The lowest BCUT2D eigenvalue weighted by atomic mass is 9.93. The summed E-state index contributed by atoms with van der Waals surface area (Å²) >= 11 is 0. The number of hydrogen-bond donors (Lipinski definition) is 0. The molecule has 0 aliphatic rings. The third kappa shape index (κ3) is 3.79. The Morgan fingerprint density at radius 3 is 1.92 bits per heavy atom. The Bertz CT molecular complexity index is 1650. The van der Waals surface area contributed by atoms with Crippen LogP contribution < -0.4 is 0 Å². The van der Waals surface area contributed by atoms with Crippen LogP contribution in [0.2, 0.25) is 0 Å². The average Bonchev–Trinajstić information content (AvgIpc) is 3.28. The van der Waals surface area contributed by atoms with E-state index < -0.39 is 23.3 Å². The molecule has 0 unspecified atom stereocenters. The number of rotatable bonds is 7. The van der Waals surface area contributed by atoms with Crippen molar-refractivity contribution in [2.75, 3.05) is 6.61 Å². The number of fused-ring (bicyclic) bond motifs is 3. The number of pyridine rings is 1. The van der Waals surface area contributed by atoms with Gasteiger partial charge in [0.05, 0.1) is 23.3 Å². The van der Waals surface area contributed by atoms with E-state index in [4.69, 9.17) is 4.74 Å². The van der Waals surface area contributed by atoms with Gasteiger partial charge in [0, 0.05) is 22.7 Å². The van der Waals surface area contributed by atoms with Crippen molar-refractivity contribution in [3.8, 4) is 0 Å². The molecule has 0 aliphatic heterocycles. The molecule has 5 rings (SSSR count). The first kappa shape index (κ1) is 22.9. The summed E-state index contributed by atoms with van der Waals surface area (Å²) in [4.78, 5) is 54.1. The maximum Gasteiger partial charge on any atom is 0.379 e. The topological polar surface area (TPSA) is 81.9 Å². The second-order valence-corrected chi connectivity index (χ2v) is 8.16. The van der Waals surface area contributed by atoms with Gasteiger partial charge in [0.25, 0.3) is 5.78 Å². The first-order valence-corrected chi connectivity index (χ1v) is 11.5. The summed E-state index contributed by atoms with van der Waals surface area (Å²) in [6.45, 7) is 1.59. The van der Waals surface area contributed by atoms with Gasteiger partial charge in [0.1, 0.15) is 5.69 Å². The van der Waals surface area contributed by atoms with Crippen LogP contribution >= 0.6 is 0 Å². The van der Waals surface area contributed by atoms with Gasteiger partial charge in [-0.05, 0) is 18.4 Å². The van der Waals surface area contributed by atoms with Crippen molar-refractivity contribution in [3.05, 3.63) is 125 Å². The van der Waals surface area contributed by atoms with Gasteiger partial charge in [-0.3, -0.25) is 14.4 Å². The number of esters is 1. The SMILES string of the molecule is CCOC(=O)C(=O)c1c(C(=O)c2ccccc2)c(C(=O)c2ccccc2)n2ccc3ccccc3c12.